The number of rotatable bonds is 3. The lowest BCUT2D eigenvalue weighted by atomic mass is 10.1. The fraction of sp³-hybridized carbons (Fsp3) is 0.400. The average molecular weight is 302 g/mol. The van der Waals surface area contributed by atoms with E-state index in [4.69, 9.17) is 4.74 Å². The van der Waals surface area contributed by atoms with Gasteiger partial charge in [-0.05, 0) is 26.0 Å². The van der Waals surface area contributed by atoms with Crippen molar-refractivity contribution in [1.29, 1.82) is 0 Å². The topological polar surface area (TPSA) is 80.5 Å². The van der Waals surface area contributed by atoms with Crippen molar-refractivity contribution in [2.24, 2.45) is 0 Å². The fourth-order valence-electron chi connectivity index (χ4n) is 2.64. The first kappa shape index (κ1) is 14.7. The zero-order valence-electron chi connectivity index (χ0n) is 12.5. The van der Waals surface area contributed by atoms with Crippen molar-refractivity contribution in [3.05, 3.63) is 41.7 Å². The Morgan fingerprint density at radius 2 is 2.14 bits per heavy atom. The third-order valence-electron chi connectivity index (χ3n) is 3.72. The lowest BCUT2D eigenvalue weighted by Gasteiger charge is -2.26. The van der Waals surface area contributed by atoms with Crippen LogP contribution in [0, 0.1) is 6.92 Å². The molecular formula is C15H18N4O3. The first-order valence-electron chi connectivity index (χ1n) is 7.14. The zero-order valence-corrected chi connectivity index (χ0v) is 12.5. The van der Waals surface area contributed by atoms with E-state index in [1.54, 1.807) is 23.4 Å². The normalized spacial score (nSPS) is 21.3. The molecule has 7 heteroatoms. The molecule has 22 heavy (non-hydrogen) atoms. The second-order valence-corrected chi connectivity index (χ2v) is 5.37. The van der Waals surface area contributed by atoms with E-state index in [2.05, 4.69) is 10.2 Å². The highest BCUT2D eigenvalue weighted by molar-refractivity contribution is 5.98. The van der Waals surface area contributed by atoms with Crippen LogP contribution < -0.4 is 0 Å². The van der Waals surface area contributed by atoms with Gasteiger partial charge in [0.1, 0.15) is 0 Å². The van der Waals surface area contributed by atoms with Gasteiger partial charge in [0.25, 0.3) is 5.91 Å². The van der Waals surface area contributed by atoms with Gasteiger partial charge in [0, 0.05) is 0 Å². The molecule has 2 atom stereocenters. The Labute approximate surface area is 128 Å². The Balaban J connectivity index is 2.03. The summed E-state index contributed by atoms with van der Waals surface area (Å²) in [6, 6.07) is 5.44. The minimum Gasteiger partial charge on any atom is -0.392 e. The van der Waals surface area contributed by atoms with E-state index in [1.807, 2.05) is 26.0 Å². The molecule has 2 heterocycles. The number of carbonyl (C=O) groups is 1. The summed E-state index contributed by atoms with van der Waals surface area (Å²) in [6.07, 6.45) is 2.51. The maximum absolute atomic E-state index is 13.0. The molecule has 0 radical (unpaired) electrons. The number of ether oxygens (including phenoxy) is 1. The first-order chi connectivity index (χ1) is 10.6. The summed E-state index contributed by atoms with van der Waals surface area (Å²) < 4.78 is 5.45. The minimum atomic E-state index is -0.610. The molecule has 1 N–H and O–H groups in total. The van der Waals surface area contributed by atoms with E-state index in [1.165, 1.54) is 4.80 Å². The fourth-order valence-corrected chi connectivity index (χ4v) is 2.64. The van der Waals surface area contributed by atoms with Crippen molar-refractivity contribution < 1.29 is 14.6 Å². The Kier molecular flexibility index (Phi) is 3.91. The molecule has 0 bridgehead atoms. The summed E-state index contributed by atoms with van der Waals surface area (Å²) in [5, 5.41) is 17.6. The van der Waals surface area contributed by atoms with Crippen molar-refractivity contribution in [2.45, 2.75) is 26.1 Å². The Morgan fingerprint density at radius 3 is 2.82 bits per heavy atom. The summed E-state index contributed by atoms with van der Waals surface area (Å²) in [5.74, 6) is -0.194. The summed E-state index contributed by atoms with van der Waals surface area (Å²) in [6.45, 7) is 4.01. The van der Waals surface area contributed by atoms with Crippen LogP contribution in [0.5, 0.6) is 0 Å². The third-order valence-corrected chi connectivity index (χ3v) is 3.72. The molecule has 1 aliphatic rings. The van der Waals surface area contributed by atoms with Crippen LogP contribution in [0.2, 0.25) is 0 Å². The predicted octanol–water partition coefficient (Wildman–Crippen LogP) is 0.755. The molecule has 7 nitrogen and oxygen atoms in total. The van der Waals surface area contributed by atoms with Crippen LogP contribution >= 0.6 is 0 Å². The van der Waals surface area contributed by atoms with Crippen molar-refractivity contribution >= 4 is 5.91 Å². The van der Waals surface area contributed by atoms with Gasteiger partial charge in [0.15, 0.2) is 6.23 Å². The molecule has 1 fully saturated rings. The number of hydrogen-bond donors (Lipinski definition) is 1. The van der Waals surface area contributed by atoms with Crippen LogP contribution in [-0.4, -0.2) is 56.4 Å². The van der Waals surface area contributed by atoms with E-state index >= 15 is 0 Å². The Hall–Kier alpha value is -2.25. The molecule has 1 aliphatic heterocycles. The van der Waals surface area contributed by atoms with Gasteiger partial charge in [-0.2, -0.15) is 15.0 Å². The number of aryl methyl sites for hydroxylation is 1. The second-order valence-electron chi connectivity index (χ2n) is 5.37. The van der Waals surface area contributed by atoms with Crippen LogP contribution in [0.1, 0.15) is 22.8 Å². The maximum atomic E-state index is 13.0. The molecule has 1 saturated heterocycles. The quantitative estimate of drug-likeness (QED) is 0.905. The smallest absolute Gasteiger partial charge is 0.258 e. The van der Waals surface area contributed by atoms with E-state index in [0.717, 1.165) is 5.56 Å². The van der Waals surface area contributed by atoms with Crippen LogP contribution in [0.15, 0.2) is 30.6 Å². The van der Waals surface area contributed by atoms with Gasteiger partial charge in [-0.3, -0.25) is 4.79 Å². The molecule has 0 aliphatic carbocycles. The van der Waals surface area contributed by atoms with Gasteiger partial charge in [-0.1, -0.05) is 11.6 Å². The summed E-state index contributed by atoms with van der Waals surface area (Å²) in [5.41, 5.74) is 2.07. The van der Waals surface area contributed by atoms with Gasteiger partial charge in [-0.15, -0.1) is 0 Å². The van der Waals surface area contributed by atoms with Gasteiger partial charge in [-0.25, -0.2) is 0 Å². The van der Waals surface area contributed by atoms with E-state index < -0.39 is 6.23 Å². The summed E-state index contributed by atoms with van der Waals surface area (Å²) >= 11 is 0. The molecule has 116 valence electrons. The molecule has 0 saturated carbocycles. The van der Waals surface area contributed by atoms with E-state index in [0.29, 0.717) is 17.9 Å². The van der Waals surface area contributed by atoms with Crippen molar-refractivity contribution in [1.82, 2.24) is 19.9 Å². The first-order valence-corrected chi connectivity index (χ1v) is 7.14. The molecule has 1 aromatic heterocycles. The van der Waals surface area contributed by atoms with Crippen molar-refractivity contribution in [3.63, 3.8) is 0 Å². The number of amides is 1. The Morgan fingerprint density at radius 1 is 1.41 bits per heavy atom. The van der Waals surface area contributed by atoms with Gasteiger partial charge >= 0.3 is 0 Å². The number of aliphatic hydroxyl groups is 1. The minimum absolute atomic E-state index is 0.0939. The number of aromatic nitrogens is 3. The lowest BCUT2D eigenvalue weighted by molar-refractivity contribution is -0.00630. The molecule has 0 spiro atoms. The average Bonchev–Trinajstić information content (AvgIpc) is 3.15. The van der Waals surface area contributed by atoms with Crippen LogP contribution in [0.4, 0.5) is 0 Å². The van der Waals surface area contributed by atoms with E-state index in [9.17, 15) is 9.90 Å². The molecule has 0 unspecified atom stereocenters. The monoisotopic (exact) mass is 302 g/mol. The number of nitrogens with zero attached hydrogens (tertiary/aromatic N) is 4. The third kappa shape index (κ3) is 2.49. The van der Waals surface area contributed by atoms with Crippen molar-refractivity contribution in [3.8, 4) is 5.69 Å². The number of carbonyl (C=O) groups excluding carboxylic acids is 1. The Bertz CT molecular complexity index is 671. The highest BCUT2D eigenvalue weighted by atomic mass is 16.5. The zero-order chi connectivity index (χ0) is 15.7. The van der Waals surface area contributed by atoms with Gasteiger partial charge < -0.3 is 14.7 Å². The van der Waals surface area contributed by atoms with Crippen LogP contribution in [0.3, 0.4) is 0 Å². The van der Waals surface area contributed by atoms with Crippen LogP contribution in [-0.2, 0) is 4.74 Å². The molecule has 1 amide bonds. The molecule has 1 aromatic carbocycles. The number of hydrogen-bond acceptors (Lipinski definition) is 5. The summed E-state index contributed by atoms with van der Waals surface area (Å²) in [4.78, 5) is 16.0. The van der Waals surface area contributed by atoms with Gasteiger partial charge in [0.2, 0.25) is 0 Å². The largest absolute Gasteiger partial charge is 0.392 e. The predicted molar refractivity (Wildman–Crippen MR) is 78.6 cm³/mol. The molecule has 2 aromatic rings. The highest BCUT2D eigenvalue weighted by Gasteiger charge is 2.36. The summed E-state index contributed by atoms with van der Waals surface area (Å²) in [7, 11) is 0. The van der Waals surface area contributed by atoms with Crippen molar-refractivity contribution in [2.75, 3.05) is 13.2 Å². The highest BCUT2D eigenvalue weighted by Crippen LogP contribution is 2.23. The number of benzene rings is 1. The second kappa shape index (κ2) is 5.86. The van der Waals surface area contributed by atoms with Gasteiger partial charge in [0.05, 0.1) is 42.9 Å². The lowest BCUT2D eigenvalue weighted by Crippen LogP contribution is -2.42. The maximum Gasteiger partial charge on any atom is 0.258 e. The standard InChI is InChI=1S/C15H18N4O3/c1-10-3-4-13(19-16-5-6-17-19)12(7-10)15(21)18-11(2)9-22-14(18)8-20/h3-7,11,14,20H,8-9H2,1-2H3/t11-,14+/m1/s1. The van der Waals surface area contributed by atoms with Crippen LogP contribution in [0.25, 0.3) is 5.69 Å². The number of aliphatic hydroxyl groups excluding tert-OH is 1. The molecular weight excluding hydrogens is 284 g/mol. The SMILES string of the molecule is Cc1ccc(-n2nccn2)c(C(=O)N2[C@H](C)CO[C@H]2CO)c1. The van der Waals surface area contributed by atoms with E-state index in [-0.39, 0.29) is 18.6 Å². The molecule has 3 rings (SSSR count).